The van der Waals surface area contributed by atoms with Crippen LogP contribution in [-0.4, -0.2) is 37.3 Å². The topological polar surface area (TPSA) is 97.1 Å². The second-order valence-corrected chi connectivity index (χ2v) is 5.29. The molecule has 22 heavy (non-hydrogen) atoms. The lowest BCUT2D eigenvalue weighted by Gasteiger charge is -2.24. The van der Waals surface area contributed by atoms with Gasteiger partial charge < -0.3 is 10.4 Å². The third-order valence-corrected chi connectivity index (χ3v) is 3.69. The Bertz CT molecular complexity index is 697. The molecule has 0 aliphatic heterocycles. The maximum Gasteiger partial charge on any atom is 0.329 e. The molecule has 0 radical (unpaired) electrons. The number of hydrogen-bond donors (Lipinski definition) is 2. The number of aryl methyl sites for hydroxylation is 1. The van der Waals surface area contributed by atoms with Gasteiger partial charge in [0.2, 0.25) is 0 Å². The van der Waals surface area contributed by atoms with Gasteiger partial charge in [-0.1, -0.05) is 6.92 Å². The van der Waals surface area contributed by atoms with Crippen LogP contribution >= 0.6 is 0 Å². The minimum absolute atomic E-state index is 0.296. The van der Waals surface area contributed by atoms with E-state index < -0.39 is 17.4 Å². The molecule has 1 unspecified atom stereocenters. The zero-order chi connectivity index (χ0) is 16.3. The molecule has 116 valence electrons. The molecule has 0 fully saturated rings. The van der Waals surface area contributed by atoms with Crippen molar-refractivity contribution in [1.29, 1.82) is 0 Å². The van der Waals surface area contributed by atoms with E-state index in [1.165, 1.54) is 13.3 Å². The van der Waals surface area contributed by atoms with E-state index in [-0.39, 0.29) is 0 Å². The first kappa shape index (κ1) is 15.7. The standard InChI is InChI=1S/C15H18N4O3/c1-4-15(3,14(21)22)18-13(20)11-5-6-12(10(2)7-11)19-9-16-8-17-19/h5-9H,4H2,1-3H3,(H,18,20)(H,21,22). The van der Waals surface area contributed by atoms with Crippen LogP contribution in [0.4, 0.5) is 0 Å². The van der Waals surface area contributed by atoms with Crippen LogP contribution in [0.5, 0.6) is 0 Å². The van der Waals surface area contributed by atoms with Crippen molar-refractivity contribution in [1.82, 2.24) is 20.1 Å². The number of carbonyl (C=O) groups excluding carboxylic acids is 1. The first-order valence-corrected chi connectivity index (χ1v) is 6.89. The third-order valence-electron chi connectivity index (χ3n) is 3.69. The highest BCUT2D eigenvalue weighted by molar-refractivity contribution is 5.98. The van der Waals surface area contributed by atoms with Crippen molar-refractivity contribution >= 4 is 11.9 Å². The average molecular weight is 302 g/mol. The SMILES string of the molecule is CCC(C)(NC(=O)c1ccc(-n2cncn2)c(C)c1)C(=O)O. The number of carboxylic acids is 1. The van der Waals surface area contributed by atoms with E-state index in [1.54, 1.807) is 36.1 Å². The van der Waals surface area contributed by atoms with Crippen LogP contribution < -0.4 is 5.32 Å². The van der Waals surface area contributed by atoms with Crippen LogP contribution in [0.1, 0.15) is 36.2 Å². The summed E-state index contributed by atoms with van der Waals surface area (Å²) in [7, 11) is 0. The molecule has 2 rings (SSSR count). The zero-order valence-electron chi connectivity index (χ0n) is 12.7. The number of carbonyl (C=O) groups is 2. The first-order valence-electron chi connectivity index (χ1n) is 6.89. The molecule has 7 nitrogen and oxygen atoms in total. The summed E-state index contributed by atoms with van der Waals surface area (Å²) in [5, 5.41) is 15.8. The van der Waals surface area contributed by atoms with Crippen molar-refractivity contribution in [2.24, 2.45) is 0 Å². The van der Waals surface area contributed by atoms with E-state index in [0.717, 1.165) is 11.3 Å². The summed E-state index contributed by atoms with van der Waals surface area (Å²) >= 11 is 0. The Labute approximate surface area is 128 Å². The molecule has 1 heterocycles. The molecule has 0 saturated carbocycles. The van der Waals surface area contributed by atoms with Crippen molar-refractivity contribution in [3.05, 3.63) is 42.0 Å². The third kappa shape index (κ3) is 2.98. The predicted molar refractivity (Wildman–Crippen MR) is 79.9 cm³/mol. The maximum atomic E-state index is 12.3. The van der Waals surface area contributed by atoms with Crippen molar-refractivity contribution in [2.75, 3.05) is 0 Å². The van der Waals surface area contributed by atoms with Gasteiger partial charge in [0.05, 0.1) is 5.69 Å². The summed E-state index contributed by atoms with van der Waals surface area (Å²) in [6.07, 6.45) is 3.30. The summed E-state index contributed by atoms with van der Waals surface area (Å²) in [6.45, 7) is 5.06. The molecule has 2 N–H and O–H groups in total. The molecular weight excluding hydrogens is 284 g/mol. The van der Waals surface area contributed by atoms with E-state index in [9.17, 15) is 14.7 Å². The highest BCUT2D eigenvalue weighted by Crippen LogP contribution is 2.16. The lowest BCUT2D eigenvalue weighted by Crippen LogP contribution is -2.51. The molecule has 1 atom stereocenters. The lowest BCUT2D eigenvalue weighted by molar-refractivity contribution is -0.143. The predicted octanol–water partition coefficient (Wildman–Crippen LogP) is 1.56. The van der Waals surface area contributed by atoms with Crippen LogP contribution in [0.15, 0.2) is 30.9 Å². The number of aliphatic carboxylic acids is 1. The van der Waals surface area contributed by atoms with Crippen molar-refractivity contribution in [3.63, 3.8) is 0 Å². The van der Waals surface area contributed by atoms with E-state index >= 15 is 0 Å². The van der Waals surface area contributed by atoms with Crippen molar-refractivity contribution in [3.8, 4) is 5.69 Å². The summed E-state index contributed by atoms with van der Waals surface area (Å²) in [4.78, 5) is 27.4. The fourth-order valence-electron chi connectivity index (χ4n) is 2.00. The molecule has 0 bridgehead atoms. The fourth-order valence-corrected chi connectivity index (χ4v) is 2.00. The Hall–Kier alpha value is -2.70. The van der Waals surface area contributed by atoms with Crippen molar-refractivity contribution < 1.29 is 14.7 Å². The van der Waals surface area contributed by atoms with Gasteiger partial charge in [0, 0.05) is 5.56 Å². The molecule has 1 aromatic heterocycles. The molecule has 0 aliphatic carbocycles. The van der Waals surface area contributed by atoms with Gasteiger partial charge in [-0.15, -0.1) is 0 Å². The minimum Gasteiger partial charge on any atom is -0.480 e. The molecule has 1 amide bonds. The number of hydrogen-bond acceptors (Lipinski definition) is 4. The van der Waals surface area contributed by atoms with E-state index in [1.807, 2.05) is 6.92 Å². The summed E-state index contributed by atoms with van der Waals surface area (Å²) < 4.78 is 1.60. The Morgan fingerprint density at radius 2 is 2.14 bits per heavy atom. The molecule has 1 aromatic carbocycles. The highest BCUT2D eigenvalue weighted by Gasteiger charge is 2.33. The van der Waals surface area contributed by atoms with Crippen LogP contribution in [0.3, 0.4) is 0 Å². The Kier molecular flexibility index (Phi) is 4.25. The number of nitrogens with zero attached hydrogens (tertiary/aromatic N) is 3. The van der Waals surface area contributed by atoms with Crippen LogP contribution in [0, 0.1) is 6.92 Å². The van der Waals surface area contributed by atoms with Gasteiger partial charge in [-0.05, 0) is 44.0 Å². The van der Waals surface area contributed by atoms with Gasteiger partial charge in [0.25, 0.3) is 5.91 Å². The van der Waals surface area contributed by atoms with Gasteiger partial charge >= 0.3 is 5.97 Å². The van der Waals surface area contributed by atoms with E-state index in [4.69, 9.17) is 0 Å². The average Bonchev–Trinajstić information content (AvgIpc) is 3.00. The van der Waals surface area contributed by atoms with Gasteiger partial charge in [-0.3, -0.25) is 4.79 Å². The maximum absolute atomic E-state index is 12.3. The minimum atomic E-state index is -1.28. The molecule has 2 aromatic rings. The quantitative estimate of drug-likeness (QED) is 0.873. The van der Waals surface area contributed by atoms with Gasteiger partial charge in [0.1, 0.15) is 18.2 Å². The Morgan fingerprint density at radius 3 is 2.64 bits per heavy atom. The second-order valence-electron chi connectivity index (χ2n) is 5.29. The normalized spacial score (nSPS) is 13.4. The lowest BCUT2D eigenvalue weighted by atomic mass is 9.98. The summed E-state index contributed by atoms with van der Waals surface area (Å²) in [5.41, 5.74) is 0.773. The van der Waals surface area contributed by atoms with Crippen LogP contribution in [-0.2, 0) is 4.79 Å². The van der Waals surface area contributed by atoms with Crippen molar-refractivity contribution in [2.45, 2.75) is 32.7 Å². The van der Waals surface area contributed by atoms with Gasteiger partial charge in [-0.2, -0.15) is 5.10 Å². The van der Waals surface area contributed by atoms with Gasteiger partial charge in [0.15, 0.2) is 0 Å². The number of nitrogens with one attached hydrogen (secondary N) is 1. The van der Waals surface area contributed by atoms with E-state index in [0.29, 0.717) is 12.0 Å². The number of aromatic nitrogens is 3. The number of carboxylic acid groups (broad SMARTS) is 1. The molecule has 0 spiro atoms. The molecular formula is C15H18N4O3. The highest BCUT2D eigenvalue weighted by atomic mass is 16.4. The number of rotatable bonds is 5. The zero-order valence-corrected chi connectivity index (χ0v) is 12.7. The smallest absolute Gasteiger partial charge is 0.329 e. The summed E-state index contributed by atoms with van der Waals surface area (Å²) in [5.74, 6) is -1.47. The molecule has 0 aliphatic rings. The van der Waals surface area contributed by atoms with Crippen LogP contribution in [0.2, 0.25) is 0 Å². The Balaban J connectivity index is 2.25. The monoisotopic (exact) mass is 302 g/mol. The van der Waals surface area contributed by atoms with Crippen LogP contribution in [0.25, 0.3) is 5.69 Å². The largest absolute Gasteiger partial charge is 0.480 e. The van der Waals surface area contributed by atoms with Gasteiger partial charge in [-0.25, -0.2) is 14.5 Å². The number of amides is 1. The Morgan fingerprint density at radius 1 is 1.41 bits per heavy atom. The molecule has 0 saturated heterocycles. The second kappa shape index (κ2) is 5.97. The fraction of sp³-hybridized carbons (Fsp3) is 0.333. The molecule has 7 heteroatoms. The number of benzene rings is 1. The van der Waals surface area contributed by atoms with E-state index in [2.05, 4.69) is 15.4 Å². The summed E-state index contributed by atoms with van der Waals surface area (Å²) in [6, 6.07) is 5.09. The first-order chi connectivity index (χ1) is 10.4.